The quantitative estimate of drug-likeness (QED) is 0.678. The Morgan fingerprint density at radius 2 is 1.75 bits per heavy atom. The monoisotopic (exact) mass is 172 g/mol. The smallest absolute Gasteiger partial charge is 0.0170 e. The van der Waals surface area contributed by atoms with E-state index in [4.69, 9.17) is 5.73 Å². The molecule has 0 aliphatic rings. The highest BCUT2D eigenvalue weighted by Crippen LogP contribution is 2.19. The molecule has 0 fully saturated rings. The minimum atomic E-state index is 0.285. The standard InChI is InChI=1S/C10H24N2/c1-8(2)12-7-9(11)6-10(3,4)5/h8-9,12H,6-7,11H2,1-5H3. The van der Waals surface area contributed by atoms with Crippen molar-refractivity contribution in [2.75, 3.05) is 6.54 Å². The third-order valence-electron chi connectivity index (χ3n) is 1.66. The van der Waals surface area contributed by atoms with Gasteiger partial charge in [0.2, 0.25) is 0 Å². The first-order chi connectivity index (χ1) is 5.31. The Balaban J connectivity index is 3.53. The molecule has 0 bridgehead atoms. The molecule has 0 rings (SSSR count). The lowest BCUT2D eigenvalue weighted by molar-refractivity contribution is 0.329. The van der Waals surface area contributed by atoms with Crippen molar-refractivity contribution in [1.82, 2.24) is 5.32 Å². The van der Waals surface area contributed by atoms with Gasteiger partial charge < -0.3 is 11.1 Å². The first-order valence-electron chi connectivity index (χ1n) is 4.80. The Bertz CT molecular complexity index is 113. The Kier molecular flexibility index (Phi) is 4.80. The van der Waals surface area contributed by atoms with Gasteiger partial charge in [-0.15, -0.1) is 0 Å². The molecular weight excluding hydrogens is 148 g/mol. The second-order valence-corrected chi connectivity index (χ2v) is 5.09. The molecule has 0 aromatic carbocycles. The molecule has 0 saturated carbocycles. The molecule has 0 heterocycles. The van der Waals surface area contributed by atoms with Crippen LogP contribution in [0.2, 0.25) is 0 Å². The van der Waals surface area contributed by atoms with Crippen molar-refractivity contribution in [2.45, 2.75) is 53.1 Å². The summed E-state index contributed by atoms with van der Waals surface area (Å²) < 4.78 is 0. The molecule has 74 valence electrons. The van der Waals surface area contributed by atoms with Gasteiger partial charge in [-0.25, -0.2) is 0 Å². The molecule has 1 unspecified atom stereocenters. The Morgan fingerprint density at radius 3 is 2.08 bits per heavy atom. The highest BCUT2D eigenvalue weighted by molar-refractivity contribution is 4.73. The highest BCUT2D eigenvalue weighted by atomic mass is 14.9. The van der Waals surface area contributed by atoms with Crippen LogP contribution in [-0.4, -0.2) is 18.6 Å². The highest BCUT2D eigenvalue weighted by Gasteiger charge is 2.15. The summed E-state index contributed by atoms with van der Waals surface area (Å²) in [6, 6.07) is 0.823. The van der Waals surface area contributed by atoms with E-state index < -0.39 is 0 Å². The molecule has 0 saturated heterocycles. The van der Waals surface area contributed by atoms with E-state index in [1.807, 2.05) is 0 Å². The minimum absolute atomic E-state index is 0.285. The molecule has 1 atom stereocenters. The van der Waals surface area contributed by atoms with E-state index in [1.54, 1.807) is 0 Å². The molecule has 3 N–H and O–H groups in total. The van der Waals surface area contributed by atoms with Crippen LogP contribution in [0.3, 0.4) is 0 Å². The van der Waals surface area contributed by atoms with Crippen LogP contribution in [0.1, 0.15) is 41.0 Å². The van der Waals surface area contributed by atoms with Crippen LogP contribution in [0, 0.1) is 5.41 Å². The number of nitrogens with one attached hydrogen (secondary N) is 1. The molecular formula is C10H24N2. The topological polar surface area (TPSA) is 38.0 Å². The van der Waals surface area contributed by atoms with Gasteiger partial charge in [0.1, 0.15) is 0 Å². The zero-order valence-electron chi connectivity index (χ0n) is 9.15. The first-order valence-corrected chi connectivity index (χ1v) is 4.80. The Labute approximate surface area is 76.9 Å². The molecule has 0 radical (unpaired) electrons. The number of hydrogen-bond donors (Lipinski definition) is 2. The van der Waals surface area contributed by atoms with Crippen molar-refractivity contribution in [1.29, 1.82) is 0 Å². The number of nitrogens with two attached hydrogens (primary N) is 1. The average molecular weight is 172 g/mol. The van der Waals surface area contributed by atoms with Crippen molar-refractivity contribution in [3.63, 3.8) is 0 Å². The average Bonchev–Trinajstić information content (AvgIpc) is 1.79. The third kappa shape index (κ3) is 8.02. The number of rotatable bonds is 4. The fourth-order valence-electron chi connectivity index (χ4n) is 1.25. The predicted molar refractivity (Wildman–Crippen MR) is 55.2 cm³/mol. The van der Waals surface area contributed by atoms with Gasteiger partial charge in [-0.2, -0.15) is 0 Å². The lowest BCUT2D eigenvalue weighted by atomic mass is 9.88. The molecule has 12 heavy (non-hydrogen) atoms. The normalized spacial score (nSPS) is 15.2. The van der Waals surface area contributed by atoms with Crippen LogP contribution < -0.4 is 11.1 Å². The fraction of sp³-hybridized carbons (Fsp3) is 1.00. The molecule has 2 heteroatoms. The van der Waals surface area contributed by atoms with Gasteiger partial charge in [-0.1, -0.05) is 34.6 Å². The summed E-state index contributed by atoms with van der Waals surface area (Å²) >= 11 is 0. The summed E-state index contributed by atoms with van der Waals surface area (Å²) in [6.45, 7) is 11.9. The van der Waals surface area contributed by atoms with E-state index >= 15 is 0 Å². The molecule has 0 spiro atoms. The van der Waals surface area contributed by atoms with E-state index in [0.717, 1.165) is 13.0 Å². The number of hydrogen-bond acceptors (Lipinski definition) is 2. The maximum absolute atomic E-state index is 5.95. The van der Waals surface area contributed by atoms with Crippen LogP contribution in [0.15, 0.2) is 0 Å². The predicted octanol–water partition coefficient (Wildman–Crippen LogP) is 1.75. The Hall–Kier alpha value is -0.0800. The summed E-state index contributed by atoms with van der Waals surface area (Å²) in [5, 5.41) is 3.34. The van der Waals surface area contributed by atoms with Gasteiger partial charge in [0.05, 0.1) is 0 Å². The van der Waals surface area contributed by atoms with Crippen molar-refractivity contribution in [3.05, 3.63) is 0 Å². The van der Waals surface area contributed by atoms with Crippen LogP contribution in [-0.2, 0) is 0 Å². The van der Waals surface area contributed by atoms with Gasteiger partial charge in [-0.3, -0.25) is 0 Å². The SMILES string of the molecule is CC(C)NCC(N)CC(C)(C)C. The van der Waals surface area contributed by atoms with E-state index in [2.05, 4.69) is 39.9 Å². The summed E-state index contributed by atoms with van der Waals surface area (Å²) in [5.74, 6) is 0. The molecule has 0 aliphatic heterocycles. The summed E-state index contributed by atoms with van der Waals surface area (Å²) in [7, 11) is 0. The van der Waals surface area contributed by atoms with Crippen molar-refractivity contribution >= 4 is 0 Å². The first kappa shape index (κ1) is 11.9. The van der Waals surface area contributed by atoms with E-state index in [-0.39, 0.29) is 6.04 Å². The fourth-order valence-corrected chi connectivity index (χ4v) is 1.25. The lowest BCUT2D eigenvalue weighted by Gasteiger charge is -2.24. The van der Waals surface area contributed by atoms with Gasteiger partial charge in [-0.05, 0) is 11.8 Å². The van der Waals surface area contributed by atoms with E-state index in [1.165, 1.54) is 0 Å². The maximum Gasteiger partial charge on any atom is 0.0170 e. The summed E-state index contributed by atoms with van der Waals surface area (Å²) in [6.07, 6.45) is 1.08. The van der Waals surface area contributed by atoms with Gasteiger partial charge in [0.15, 0.2) is 0 Å². The second kappa shape index (κ2) is 4.83. The molecule has 2 nitrogen and oxygen atoms in total. The van der Waals surface area contributed by atoms with Crippen molar-refractivity contribution in [3.8, 4) is 0 Å². The van der Waals surface area contributed by atoms with Crippen LogP contribution in [0.5, 0.6) is 0 Å². The summed E-state index contributed by atoms with van der Waals surface area (Å²) in [4.78, 5) is 0. The largest absolute Gasteiger partial charge is 0.327 e. The summed E-state index contributed by atoms with van der Waals surface area (Å²) in [5.41, 5.74) is 6.29. The van der Waals surface area contributed by atoms with Gasteiger partial charge in [0, 0.05) is 18.6 Å². The molecule has 0 aromatic rings. The van der Waals surface area contributed by atoms with E-state index in [9.17, 15) is 0 Å². The Morgan fingerprint density at radius 1 is 1.25 bits per heavy atom. The third-order valence-corrected chi connectivity index (χ3v) is 1.66. The van der Waals surface area contributed by atoms with Crippen molar-refractivity contribution in [2.24, 2.45) is 11.1 Å². The molecule has 0 amide bonds. The maximum atomic E-state index is 5.95. The lowest BCUT2D eigenvalue weighted by Crippen LogP contribution is -2.39. The molecule has 0 aromatic heterocycles. The second-order valence-electron chi connectivity index (χ2n) is 5.09. The minimum Gasteiger partial charge on any atom is -0.327 e. The van der Waals surface area contributed by atoms with Gasteiger partial charge in [0.25, 0.3) is 0 Å². The van der Waals surface area contributed by atoms with Crippen LogP contribution >= 0.6 is 0 Å². The van der Waals surface area contributed by atoms with Crippen LogP contribution in [0.4, 0.5) is 0 Å². The molecule has 0 aliphatic carbocycles. The zero-order valence-corrected chi connectivity index (χ0v) is 9.15. The zero-order chi connectivity index (χ0) is 9.78. The van der Waals surface area contributed by atoms with E-state index in [0.29, 0.717) is 11.5 Å². The van der Waals surface area contributed by atoms with Gasteiger partial charge >= 0.3 is 0 Å². The van der Waals surface area contributed by atoms with Crippen molar-refractivity contribution < 1.29 is 0 Å². The van der Waals surface area contributed by atoms with Crippen LogP contribution in [0.25, 0.3) is 0 Å².